The Balaban J connectivity index is 2.01. The van der Waals surface area contributed by atoms with Gasteiger partial charge >= 0.3 is 0 Å². The molecule has 0 fully saturated rings. The molecule has 0 saturated carbocycles. The van der Waals surface area contributed by atoms with Crippen molar-refractivity contribution >= 4 is 11.0 Å². The van der Waals surface area contributed by atoms with E-state index in [1.807, 2.05) is 31.2 Å². The number of ether oxygens (including phenoxy) is 1. The third-order valence-corrected chi connectivity index (χ3v) is 3.54. The van der Waals surface area contributed by atoms with Crippen molar-refractivity contribution < 1.29 is 13.5 Å². The minimum absolute atomic E-state index is 0.381. The summed E-state index contributed by atoms with van der Waals surface area (Å²) in [6, 6.07) is 11.7. The highest BCUT2D eigenvalue weighted by molar-refractivity contribution is 5.78. The first-order valence-electron chi connectivity index (χ1n) is 6.67. The number of halogens is 1. The molecule has 0 saturated heterocycles. The van der Waals surface area contributed by atoms with Crippen molar-refractivity contribution in [2.45, 2.75) is 13.0 Å². The molecule has 1 aromatic heterocycles. The van der Waals surface area contributed by atoms with Crippen molar-refractivity contribution in [3.05, 3.63) is 65.2 Å². The largest absolute Gasteiger partial charge is 0.497 e. The number of rotatable bonds is 3. The lowest BCUT2D eigenvalue weighted by Gasteiger charge is -2.11. The predicted molar refractivity (Wildman–Crippen MR) is 79.9 cm³/mol. The van der Waals surface area contributed by atoms with Crippen LogP contribution in [-0.2, 0) is 0 Å². The Kier molecular flexibility index (Phi) is 3.39. The molecule has 3 rings (SSSR count). The van der Waals surface area contributed by atoms with Crippen LogP contribution >= 0.6 is 0 Å². The van der Waals surface area contributed by atoms with Gasteiger partial charge in [-0.25, -0.2) is 4.39 Å². The second kappa shape index (κ2) is 5.22. The summed E-state index contributed by atoms with van der Waals surface area (Å²) in [4.78, 5) is 0. The first kappa shape index (κ1) is 13.6. The van der Waals surface area contributed by atoms with Gasteiger partial charge in [-0.05, 0) is 31.2 Å². The summed E-state index contributed by atoms with van der Waals surface area (Å²) in [5.41, 5.74) is 8.41. The minimum atomic E-state index is -0.649. The Morgan fingerprint density at radius 1 is 1.14 bits per heavy atom. The molecule has 1 heterocycles. The van der Waals surface area contributed by atoms with E-state index in [9.17, 15) is 4.39 Å². The van der Waals surface area contributed by atoms with Crippen molar-refractivity contribution in [1.82, 2.24) is 0 Å². The van der Waals surface area contributed by atoms with E-state index >= 15 is 0 Å². The number of methoxy groups -OCH3 is 1. The van der Waals surface area contributed by atoms with E-state index in [0.717, 1.165) is 16.5 Å². The molecule has 0 aliphatic rings. The molecule has 0 aliphatic heterocycles. The predicted octanol–water partition coefficient (Wildman–Crippen LogP) is 3.94. The average Bonchev–Trinajstić information content (AvgIpc) is 2.89. The van der Waals surface area contributed by atoms with E-state index in [1.54, 1.807) is 12.1 Å². The topological polar surface area (TPSA) is 48.4 Å². The van der Waals surface area contributed by atoms with E-state index in [1.165, 1.54) is 13.2 Å². The maximum atomic E-state index is 14.1. The van der Waals surface area contributed by atoms with Crippen LogP contribution in [0.1, 0.15) is 22.9 Å². The summed E-state index contributed by atoms with van der Waals surface area (Å²) >= 11 is 0. The summed E-state index contributed by atoms with van der Waals surface area (Å²) in [5, 5.41) is 0.967. The molecule has 1 atom stereocenters. The van der Waals surface area contributed by atoms with Crippen LogP contribution in [0.25, 0.3) is 11.0 Å². The molecule has 2 N–H and O–H groups in total. The number of furan rings is 1. The zero-order chi connectivity index (χ0) is 15.0. The number of aryl methyl sites for hydroxylation is 1. The van der Waals surface area contributed by atoms with Crippen molar-refractivity contribution in [2.75, 3.05) is 7.11 Å². The van der Waals surface area contributed by atoms with Crippen LogP contribution in [0.4, 0.5) is 4.39 Å². The lowest BCUT2D eigenvalue weighted by molar-refractivity contribution is 0.410. The zero-order valence-electron chi connectivity index (χ0n) is 11.9. The molecule has 0 spiro atoms. The molecule has 21 heavy (non-hydrogen) atoms. The van der Waals surface area contributed by atoms with Crippen LogP contribution in [0.2, 0.25) is 0 Å². The maximum Gasteiger partial charge on any atom is 0.134 e. The summed E-state index contributed by atoms with van der Waals surface area (Å²) in [5.74, 6) is 0.599. The quantitative estimate of drug-likeness (QED) is 0.793. The Bertz CT molecular complexity index is 795. The molecule has 2 aromatic carbocycles. The molecule has 0 amide bonds. The fraction of sp³-hybridized carbons (Fsp3) is 0.176. The molecule has 4 heteroatoms. The Morgan fingerprint density at radius 2 is 1.95 bits per heavy atom. The van der Waals surface area contributed by atoms with Crippen molar-refractivity contribution in [3.63, 3.8) is 0 Å². The van der Waals surface area contributed by atoms with Gasteiger partial charge in [0.2, 0.25) is 0 Å². The second-order valence-corrected chi connectivity index (χ2v) is 5.06. The molecule has 3 nitrogen and oxygen atoms in total. The van der Waals surface area contributed by atoms with Gasteiger partial charge in [0.15, 0.2) is 0 Å². The normalized spacial score (nSPS) is 12.6. The molecule has 0 bridgehead atoms. The summed E-state index contributed by atoms with van der Waals surface area (Å²) in [6.07, 6.45) is 0. The first-order chi connectivity index (χ1) is 10.1. The highest BCUT2D eigenvalue weighted by atomic mass is 19.1. The van der Waals surface area contributed by atoms with Crippen molar-refractivity contribution in [1.29, 1.82) is 0 Å². The van der Waals surface area contributed by atoms with Gasteiger partial charge in [0.1, 0.15) is 22.9 Å². The molecule has 0 aliphatic carbocycles. The van der Waals surface area contributed by atoms with Gasteiger partial charge in [-0.2, -0.15) is 0 Å². The van der Waals surface area contributed by atoms with E-state index in [0.29, 0.717) is 17.1 Å². The van der Waals surface area contributed by atoms with Gasteiger partial charge < -0.3 is 14.9 Å². The number of benzene rings is 2. The smallest absolute Gasteiger partial charge is 0.134 e. The molecular weight excluding hydrogens is 269 g/mol. The Hall–Kier alpha value is -2.33. The van der Waals surface area contributed by atoms with E-state index in [2.05, 4.69) is 0 Å². The second-order valence-electron chi connectivity index (χ2n) is 5.06. The van der Waals surface area contributed by atoms with Gasteiger partial charge in [0.25, 0.3) is 0 Å². The molecule has 108 valence electrons. The number of hydrogen-bond donors (Lipinski definition) is 1. The number of nitrogens with two attached hydrogens (primary N) is 1. The van der Waals surface area contributed by atoms with Gasteiger partial charge in [-0.15, -0.1) is 0 Å². The van der Waals surface area contributed by atoms with Crippen LogP contribution in [0.15, 0.2) is 46.9 Å². The Labute approximate surface area is 122 Å². The van der Waals surface area contributed by atoms with Gasteiger partial charge in [0, 0.05) is 17.0 Å². The monoisotopic (exact) mass is 285 g/mol. The van der Waals surface area contributed by atoms with E-state index < -0.39 is 11.9 Å². The minimum Gasteiger partial charge on any atom is -0.497 e. The van der Waals surface area contributed by atoms with Gasteiger partial charge in [-0.3, -0.25) is 0 Å². The highest BCUT2D eigenvalue weighted by Gasteiger charge is 2.18. The van der Waals surface area contributed by atoms with Crippen LogP contribution < -0.4 is 10.5 Å². The third-order valence-electron chi connectivity index (χ3n) is 3.54. The SMILES string of the molecule is COc1ccc(C(N)c2cc3cc(C)ccc3o2)c(F)c1. The van der Waals surface area contributed by atoms with Crippen LogP contribution in [-0.4, -0.2) is 7.11 Å². The lowest BCUT2D eigenvalue weighted by atomic mass is 10.0. The fourth-order valence-corrected chi connectivity index (χ4v) is 2.38. The third kappa shape index (κ3) is 2.50. The fourth-order valence-electron chi connectivity index (χ4n) is 2.38. The summed E-state index contributed by atoms with van der Waals surface area (Å²) in [6.45, 7) is 2.01. The van der Waals surface area contributed by atoms with Crippen LogP contribution in [0, 0.1) is 12.7 Å². The molecule has 3 aromatic rings. The number of fused-ring (bicyclic) bond motifs is 1. The average molecular weight is 285 g/mol. The molecular formula is C17H16FNO2. The maximum absolute atomic E-state index is 14.1. The van der Waals surface area contributed by atoms with E-state index in [-0.39, 0.29) is 0 Å². The molecule has 0 radical (unpaired) electrons. The zero-order valence-corrected chi connectivity index (χ0v) is 11.9. The summed E-state index contributed by atoms with van der Waals surface area (Å²) < 4.78 is 24.8. The number of hydrogen-bond acceptors (Lipinski definition) is 3. The van der Waals surface area contributed by atoms with Crippen molar-refractivity contribution in [2.24, 2.45) is 5.73 Å². The Morgan fingerprint density at radius 3 is 2.67 bits per heavy atom. The lowest BCUT2D eigenvalue weighted by Crippen LogP contribution is -2.12. The first-order valence-corrected chi connectivity index (χ1v) is 6.67. The highest BCUT2D eigenvalue weighted by Crippen LogP contribution is 2.29. The standard InChI is InChI=1S/C17H16FNO2/c1-10-3-6-15-11(7-10)8-16(21-15)17(19)13-5-4-12(20-2)9-14(13)18/h3-9,17H,19H2,1-2H3. The van der Waals surface area contributed by atoms with Crippen molar-refractivity contribution in [3.8, 4) is 5.75 Å². The van der Waals surface area contributed by atoms with Crippen LogP contribution in [0.3, 0.4) is 0 Å². The van der Waals surface area contributed by atoms with Crippen LogP contribution in [0.5, 0.6) is 5.75 Å². The molecule has 1 unspecified atom stereocenters. The van der Waals surface area contributed by atoms with E-state index in [4.69, 9.17) is 14.9 Å². The summed E-state index contributed by atoms with van der Waals surface area (Å²) in [7, 11) is 1.50. The van der Waals surface area contributed by atoms with Gasteiger partial charge in [-0.1, -0.05) is 17.7 Å². The van der Waals surface area contributed by atoms with Gasteiger partial charge in [0.05, 0.1) is 13.2 Å².